The molecule has 170 valence electrons. The average Bonchev–Trinajstić information content (AvgIpc) is 3.39. The number of nitrogens with zero attached hydrogens (tertiary/aromatic N) is 1. The standard InChI is InChI=1S/C26H24FNO5/c1-15-20(7-5-19(29)8-17-13-28-33-14-17)23-12-18(27)4-6-21(23)22(15)9-16-10-24(31-2)26(30)25(11-16)32-3/h4,6,9-14,30H,5,7-8H2,1-3H3/b22-9-. The largest absolute Gasteiger partial charge is 0.502 e. The molecule has 0 atom stereocenters. The Morgan fingerprint density at radius 2 is 1.88 bits per heavy atom. The van der Waals surface area contributed by atoms with E-state index in [4.69, 9.17) is 14.0 Å². The average molecular weight is 449 g/mol. The van der Waals surface area contributed by atoms with Gasteiger partial charge < -0.3 is 19.1 Å². The van der Waals surface area contributed by atoms with Crippen LogP contribution in [0.5, 0.6) is 17.2 Å². The van der Waals surface area contributed by atoms with Crippen molar-refractivity contribution in [2.75, 3.05) is 14.2 Å². The predicted octanol–water partition coefficient (Wildman–Crippen LogP) is 5.46. The number of aromatic nitrogens is 1. The van der Waals surface area contributed by atoms with E-state index in [-0.39, 0.29) is 23.8 Å². The van der Waals surface area contributed by atoms with Gasteiger partial charge in [-0.15, -0.1) is 0 Å². The van der Waals surface area contributed by atoms with Crippen molar-refractivity contribution in [2.45, 2.75) is 26.2 Å². The Labute approximate surface area is 190 Å². The molecule has 0 aliphatic heterocycles. The maximum absolute atomic E-state index is 14.1. The van der Waals surface area contributed by atoms with Crippen LogP contribution in [0.4, 0.5) is 4.39 Å². The van der Waals surface area contributed by atoms with Gasteiger partial charge >= 0.3 is 0 Å². The van der Waals surface area contributed by atoms with Crippen molar-refractivity contribution < 1.29 is 28.3 Å². The number of hydrogen-bond acceptors (Lipinski definition) is 6. The zero-order valence-corrected chi connectivity index (χ0v) is 18.6. The van der Waals surface area contributed by atoms with Crippen LogP contribution in [0.25, 0.3) is 17.2 Å². The minimum Gasteiger partial charge on any atom is -0.502 e. The molecule has 1 aliphatic carbocycles. The third-order valence-electron chi connectivity index (χ3n) is 5.81. The van der Waals surface area contributed by atoms with E-state index in [1.165, 1.54) is 38.8 Å². The first kappa shape index (κ1) is 22.3. The summed E-state index contributed by atoms with van der Waals surface area (Å²) in [4.78, 5) is 12.5. The van der Waals surface area contributed by atoms with Crippen LogP contribution >= 0.6 is 0 Å². The number of Topliss-reactive ketones (excluding diaryl/α,β-unsaturated/α-hetero) is 1. The van der Waals surface area contributed by atoms with Crippen LogP contribution in [-0.2, 0) is 11.2 Å². The quantitative estimate of drug-likeness (QED) is 0.492. The smallest absolute Gasteiger partial charge is 0.200 e. The van der Waals surface area contributed by atoms with Crippen molar-refractivity contribution in [3.8, 4) is 17.2 Å². The molecule has 0 bridgehead atoms. The minimum absolute atomic E-state index is 0.0573. The fraction of sp³-hybridized carbons (Fsp3) is 0.231. The molecule has 33 heavy (non-hydrogen) atoms. The number of aromatic hydroxyl groups is 1. The maximum Gasteiger partial charge on any atom is 0.200 e. The highest BCUT2D eigenvalue weighted by Gasteiger charge is 2.25. The van der Waals surface area contributed by atoms with Gasteiger partial charge in [-0.05, 0) is 77.1 Å². The number of fused-ring (bicyclic) bond motifs is 1. The van der Waals surface area contributed by atoms with Gasteiger partial charge in [-0.2, -0.15) is 0 Å². The fourth-order valence-corrected chi connectivity index (χ4v) is 4.13. The van der Waals surface area contributed by atoms with Crippen molar-refractivity contribution in [3.63, 3.8) is 0 Å². The molecule has 0 amide bonds. The molecular formula is C26H24FNO5. The molecule has 4 rings (SSSR count). The SMILES string of the molecule is COc1cc(/C=C2/C(C)=C(CCC(=O)Cc3cnoc3)c3cc(F)ccc32)cc(OC)c1O. The van der Waals surface area contributed by atoms with Crippen LogP contribution in [0.15, 0.2) is 52.9 Å². The van der Waals surface area contributed by atoms with Gasteiger partial charge in [0.1, 0.15) is 17.9 Å². The summed E-state index contributed by atoms with van der Waals surface area (Å²) in [6, 6.07) is 8.11. The normalized spacial score (nSPS) is 14.0. The first-order valence-corrected chi connectivity index (χ1v) is 10.5. The van der Waals surface area contributed by atoms with Crippen molar-refractivity contribution in [1.82, 2.24) is 5.16 Å². The van der Waals surface area contributed by atoms with Crippen LogP contribution < -0.4 is 9.47 Å². The number of allylic oxidation sites excluding steroid dienone is 3. The lowest BCUT2D eigenvalue weighted by Gasteiger charge is -2.11. The summed E-state index contributed by atoms with van der Waals surface area (Å²) in [5.74, 6) is 0.237. The number of rotatable bonds is 8. The molecule has 0 spiro atoms. The number of phenols is 1. The number of ether oxygens (including phenoxy) is 2. The van der Waals surface area contributed by atoms with Gasteiger partial charge in [-0.3, -0.25) is 4.79 Å². The number of hydrogen-bond donors (Lipinski definition) is 1. The Hall–Kier alpha value is -3.87. The molecule has 1 N–H and O–H groups in total. The lowest BCUT2D eigenvalue weighted by Crippen LogP contribution is -2.02. The molecular weight excluding hydrogens is 425 g/mol. The van der Waals surface area contributed by atoms with Crippen LogP contribution in [-0.4, -0.2) is 30.3 Å². The zero-order valence-electron chi connectivity index (χ0n) is 18.6. The Bertz CT molecular complexity index is 1230. The van der Waals surface area contributed by atoms with Gasteiger partial charge in [0.05, 0.1) is 20.4 Å². The summed E-state index contributed by atoms with van der Waals surface area (Å²) in [5.41, 5.74) is 6.00. The summed E-state index contributed by atoms with van der Waals surface area (Å²) >= 11 is 0. The summed E-state index contributed by atoms with van der Waals surface area (Å²) < 4.78 is 29.4. The highest BCUT2D eigenvalue weighted by atomic mass is 19.1. The van der Waals surface area contributed by atoms with Crippen LogP contribution in [0.3, 0.4) is 0 Å². The third-order valence-corrected chi connectivity index (χ3v) is 5.81. The molecule has 1 aliphatic rings. The lowest BCUT2D eigenvalue weighted by atomic mass is 9.98. The number of methoxy groups -OCH3 is 2. The second-order valence-corrected chi connectivity index (χ2v) is 7.87. The Morgan fingerprint density at radius 3 is 2.52 bits per heavy atom. The second kappa shape index (κ2) is 9.32. The number of ketones is 1. The van der Waals surface area contributed by atoms with Gasteiger partial charge in [-0.25, -0.2) is 4.39 Å². The van der Waals surface area contributed by atoms with Gasteiger partial charge in [0.15, 0.2) is 11.5 Å². The third kappa shape index (κ3) is 4.53. The molecule has 2 aromatic carbocycles. The fourth-order valence-electron chi connectivity index (χ4n) is 4.13. The van der Waals surface area contributed by atoms with E-state index >= 15 is 0 Å². The number of benzene rings is 2. The van der Waals surface area contributed by atoms with Gasteiger partial charge in [0, 0.05) is 18.4 Å². The van der Waals surface area contributed by atoms with E-state index in [1.54, 1.807) is 18.2 Å². The van der Waals surface area contributed by atoms with Gasteiger partial charge in [-0.1, -0.05) is 11.2 Å². The second-order valence-electron chi connectivity index (χ2n) is 7.87. The molecule has 7 heteroatoms. The number of carbonyl (C=O) groups excluding carboxylic acids is 1. The highest BCUT2D eigenvalue weighted by molar-refractivity contribution is 6.05. The summed E-state index contributed by atoms with van der Waals surface area (Å²) in [6.07, 6.45) is 6.01. The number of carbonyl (C=O) groups is 1. The van der Waals surface area contributed by atoms with E-state index in [1.807, 2.05) is 13.0 Å². The topological polar surface area (TPSA) is 81.8 Å². The maximum atomic E-state index is 14.1. The van der Waals surface area contributed by atoms with E-state index in [0.29, 0.717) is 24.3 Å². The number of halogens is 1. The van der Waals surface area contributed by atoms with Crippen LogP contribution in [0.2, 0.25) is 0 Å². The molecule has 3 aromatic rings. The van der Waals surface area contributed by atoms with Gasteiger partial charge in [0.2, 0.25) is 5.75 Å². The van der Waals surface area contributed by atoms with Crippen molar-refractivity contribution in [1.29, 1.82) is 0 Å². The molecule has 0 radical (unpaired) electrons. The molecule has 0 unspecified atom stereocenters. The molecule has 0 saturated carbocycles. The van der Waals surface area contributed by atoms with E-state index in [0.717, 1.165) is 39.0 Å². The van der Waals surface area contributed by atoms with Gasteiger partial charge in [0.25, 0.3) is 0 Å². The Morgan fingerprint density at radius 1 is 1.15 bits per heavy atom. The predicted molar refractivity (Wildman–Crippen MR) is 123 cm³/mol. The molecule has 1 aromatic heterocycles. The first-order valence-electron chi connectivity index (χ1n) is 10.5. The monoisotopic (exact) mass is 449 g/mol. The molecule has 0 fully saturated rings. The molecule has 0 saturated heterocycles. The molecule has 6 nitrogen and oxygen atoms in total. The van der Waals surface area contributed by atoms with E-state index in [9.17, 15) is 14.3 Å². The lowest BCUT2D eigenvalue weighted by molar-refractivity contribution is -0.118. The van der Waals surface area contributed by atoms with E-state index < -0.39 is 0 Å². The van der Waals surface area contributed by atoms with E-state index in [2.05, 4.69) is 5.16 Å². The van der Waals surface area contributed by atoms with Crippen LogP contribution in [0.1, 0.15) is 42.0 Å². The zero-order chi connectivity index (χ0) is 23.5. The first-order chi connectivity index (χ1) is 15.9. The number of phenolic OH excluding ortho intramolecular Hbond substituents is 1. The van der Waals surface area contributed by atoms with Crippen molar-refractivity contribution in [2.24, 2.45) is 0 Å². The molecule has 1 heterocycles. The van der Waals surface area contributed by atoms with Crippen molar-refractivity contribution >= 4 is 23.0 Å². The summed E-state index contributed by atoms with van der Waals surface area (Å²) in [6.45, 7) is 1.97. The minimum atomic E-state index is -0.330. The van der Waals surface area contributed by atoms with Crippen molar-refractivity contribution in [3.05, 3.63) is 76.4 Å². The summed E-state index contributed by atoms with van der Waals surface area (Å²) in [7, 11) is 2.94. The highest BCUT2D eigenvalue weighted by Crippen LogP contribution is 2.45. The summed E-state index contributed by atoms with van der Waals surface area (Å²) in [5, 5.41) is 13.8. The Kier molecular flexibility index (Phi) is 6.31. The Balaban J connectivity index is 1.69. The van der Waals surface area contributed by atoms with Crippen LogP contribution in [0, 0.1) is 5.82 Å².